The highest BCUT2D eigenvalue weighted by atomic mass is 32.1. The van der Waals surface area contributed by atoms with E-state index >= 15 is 0 Å². The zero-order valence-electron chi connectivity index (χ0n) is 22.9. The van der Waals surface area contributed by atoms with Crippen LogP contribution in [0.2, 0.25) is 0 Å². The Hall–Kier alpha value is -3.97. The van der Waals surface area contributed by atoms with Crippen molar-refractivity contribution in [3.63, 3.8) is 0 Å². The highest BCUT2D eigenvalue weighted by Crippen LogP contribution is 2.49. The summed E-state index contributed by atoms with van der Waals surface area (Å²) < 4.78 is 15.1. The molecule has 5 rings (SSSR count). The van der Waals surface area contributed by atoms with Gasteiger partial charge >= 0.3 is 12.1 Å². The number of rotatable bonds is 7. The van der Waals surface area contributed by atoms with Crippen molar-refractivity contribution in [1.82, 2.24) is 4.37 Å². The lowest BCUT2D eigenvalue weighted by atomic mass is 9.91. The van der Waals surface area contributed by atoms with Gasteiger partial charge in [-0.25, -0.2) is 4.79 Å². The maximum absolute atomic E-state index is 12.7. The third-order valence-corrected chi connectivity index (χ3v) is 8.57. The summed E-state index contributed by atoms with van der Waals surface area (Å²) in [5.74, 6) is -0.157. The molecule has 1 amide bonds. The zero-order valence-corrected chi connectivity index (χ0v) is 23.7. The number of nitrogens with zero attached hydrogens (tertiary/aromatic N) is 1. The molecule has 1 aliphatic carbocycles. The highest BCUT2D eigenvalue weighted by molar-refractivity contribution is 7.10. The van der Waals surface area contributed by atoms with Crippen molar-refractivity contribution in [2.24, 2.45) is 0 Å². The largest absolute Gasteiger partial charge is 0.468 e. The summed E-state index contributed by atoms with van der Waals surface area (Å²) >= 11 is 1.37. The van der Waals surface area contributed by atoms with Gasteiger partial charge in [0.05, 0.1) is 28.8 Å². The minimum Gasteiger partial charge on any atom is -0.468 e. The maximum atomic E-state index is 12.7. The molecular formula is C32H32N2O4S. The zero-order chi connectivity index (χ0) is 27.7. The molecule has 200 valence electrons. The first-order valence-electron chi connectivity index (χ1n) is 13.0. The monoisotopic (exact) mass is 540 g/mol. The van der Waals surface area contributed by atoms with Crippen LogP contribution in [0.15, 0.2) is 60.7 Å². The predicted octanol–water partition coefficient (Wildman–Crippen LogP) is 7.66. The first-order valence-corrected chi connectivity index (χ1v) is 13.8. The van der Waals surface area contributed by atoms with Crippen LogP contribution in [0, 0.1) is 27.7 Å². The van der Waals surface area contributed by atoms with Gasteiger partial charge in [-0.3, -0.25) is 10.1 Å². The lowest BCUT2D eigenvalue weighted by Gasteiger charge is -2.16. The SMILES string of the molecule is COC(=O)C1(c2ccc(-c3cc(C)c(-c4snc(C)c4NC(=O)OCc4ccccc4C)cc3C)cc2)CC1. The number of esters is 1. The molecule has 0 spiro atoms. The molecule has 1 N–H and O–H groups in total. The Kier molecular flexibility index (Phi) is 7.28. The van der Waals surface area contributed by atoms with Gasteiger partial charge in [0, 0.05) is 0 Å². The number of methoxy groups -OCH3 is 1. The van der Waals surface area contributed by atoms with Crippen molar-refractivity contribution in [2.45, 2.75) is 52.6 Å². The fraction of sp³-hybridized carbons (Fsp3) is 0.281. The van der Waals surface area contributed by atoms with Gasteiger partial charge in [0.15, 0.2) is 0 Å². The van der Waals surface area contributed by atoms with Crippen molar-refractivity contribution in [3.05, 3.63) is 94.2 Å². The molecule has 1 heterocycles. The molecular weight excluding hydrogens is 508 g/mol. The second-order valence-corrected chi connectivity index (χ2v) is 11.0. The van der Waals surface area contributed by atoms with Crippen molar-refractivity contribution in [3.8, 4) is 21.6 Å². The van der Waals surface area contributed by atoms with Crippen molar-refractivity contribution < 1.29 is 19.1 Å². The second-order valence-electron chi connectivity index (χ2n) is 10.2. The van der Waals surface area contributed by atoms with Gasteiger partial charge in [-0.2, -0.15) is 4.37 Å². The van der Waals surface area contributed by atoms with E-state index in [1.165, 1.54) is 18.6 Å². The van der Waals surface area contributed by atoms with E-state index in [0.29, 0.717) is 5.69 Å². The number of anilines is 1. The molecule has 4 aromatic rings. The first-order chi connectivity index (χ1) is 18.7. The average Bonchev–Trinajstić information content (AvgIpc) is 3.68. The summed E-state index contributed by atoms with van der Waals surface area (Å²) in [5, 5.41) is 2.93. The summed E-state index contributed by atoms with van der Waals surface area (Å²) in [4.78, 5) is 25.9. The van der Waals surface area contributed by atoms with Gasteiger partial charge in [-0.15, -0.1) is 0 Å². The molecule has 1 fully saturated rings. The quantitative estimate of drug-likeness (QED) is 0.244. The molecule has 3 aromatic carbocycles. The molecule has 0 saturated heterocycles. The van der Waals surface area contributed by atoms with Gasteiger partial charge in [0.25, 0.3) is 0 Å². The molecule has 1 aromatic heterocycles. The van der Waals surface area contributed by atoms with E-state index in [1.807, 2.05) is 50.2 Å². The topological polar surface area (TPSA) is 77.5 Å². The first kappa shape index (κ1) is 26.6. The summed E-state index contributed by atoms with van der Waals surface area (Å²) in [6.45, 7) is 8.24. The number of hydrogen-bond acceptors (Lipinski definition) is 6. The molecule has 1 aliphatic rings. The molecule has 39 heavy (non-hydrogen) atoms. The summed E-state index contributed by atoms with van der Waals surface area (Å²) in [7, 11) is 1.45. The van der Waals surface area contributed by atoms with Crippen LogP contribution in [-0.2, 0) is 26.3 Å². The number of amides is 1. The van der Waals surface area contributed by atoms with Crippen LogP contribution < -0.4 is 5.32 Å². The number of nitrogens with one attached hydrogen (secondary N) is 1. The van der Waals surface area contributed by atoms with Gasteiger partial charge in [-0.05, 0) is 103 Å². The molecule has 0 atom stereocenters. The van der Waals surface area contributed by atoms with Crippen LogP contribution in [0.4, 0.5) is 10.5 Å². The predicted molar refractivity (Wildman–Crippen MR) is 155 cm³/mol. The van der Waals surface area contributed by atoms with E-state index in [0.717, 1.165) is 67.9 Å². The molecule has 7 heteroatoms. The van der Waals surface area contributed by atoms with Crippen molar-refractivity contribution in [1.29, 1.82) is 0 Å². The third-order valence-electron chi connectivity index (χ3n) is 7.60. The molecule has 1 saturated carbocycles. The number of aromatic nitrogens is 1. The van der Waals surface area contributed by atoms with Gasteiger partial charge in [0.1, 0.15) is 6.61 Å². The van der Waals surface area contributed by atoms with Gasteiger partial charge < -0.3 is 9.47 Å². The number of carbonyl (C=O) groups is 2. The van der Waals surface area contributed by atoms with Crippen LogP contribution in [0.25, 0.3) is 21.6 Å². The standard InChI is InChI=1S/C32H32N2O4S/c1-19-8-6-7-9-24(19)18-38-31(36)33-28-22(4)34-39-29(28)27-17-20(2)26(16-21(27)3)23-10-12-25(13-11-23)32(14-15-32)30(35)37-5/h6-13,16-17H,14-15,18H2,1-5H3,(H,33,36). The lowest BCUT2D eigenvalue weighted by Crippen LogP contribution is -2.21. The van der Waals surface area contributed by atoms with Gasteiger partial charge in [0.2, 0.25) is 0 Å². The highest BCUT2D eigenvalue weighted by Gasteiger charge is 2.52. The third kappa shape index (κ3) is 5.19. The van der Waals surface area contributed by atoms with E-state index < -0.39 is 11.5 Å². The number of hydrogen-bond donors (Lipinski definition) is 1. The van der Waals surface area contributed by atoms with Crippen LogP contribution in [0.5, 0.6) is 0 Å². The van der Waals surface area contributed by atoms with E-state index in [-0.39, 0.29) is 12.6 Å². The summed E-state index contributed by atoms with van der Waals surface area (Å²) in [6, 6.07) is 20.4. The molecule has 0 bridgehead atoms. The van der Waals surface area contributed by atoms with E-state index in [9.17, 15) is 9.59 Å². The second kappa shape index (κ2) is 10.7. The Morgan fingerprint density at radius 3 is 2.26 bits per heavy atom. The number of benzene rings is 3. The Labute approximate surface area is 233 Å². The van der Waals surface area contributed by atoms with Crippen LogP contribution in [-0.4, -0.2) is 23.5 Å². The molecule has 0 radical (unpaired) electrons. The Balaban J connectivity index is 1.36. The van der Waals surface area contributed by atoms with Crippen LogP contribution >= 0.6 is 11.5 Å². The minimum atomic E-state index is -0.505. The van der Waals surface area contributed by atoms with Crippen LogP contribution in [0.3, 0.4) is 0 Å². The lowest BCUT2D eigenvalue weighted by molar-refractivity contribution is -0.143. The Bertz CT molecular complexity index is 1550. The van der Waals surface area contributed by atoms with Crippen LogP contribution in [0.1, 0.15) is 46.4 Å². The average molecular weight is 541 g/mol. The number of aryl methyl sites for hydroxylation is 4. The van der Waals surface area contributed by atoms with E-state index in [4.69, 9.17) is 9.47 Å². The van der Waals surface area contributed by atoms with Gasteiger partial charge in [-0.1, -0.05) is 54.6 Å². The molecule has 6 nitrogen and oxygen atoms in total. The number of carbonyl (C=O) groups excluding carboxylic acids is 2. The fourth-order valence-corrected chi connectivity index (χ4v) is 5.95. The number of ether oxygens (including phenoxy) is 2. The smallest absolute Gasteiger partial charge is 0.412 e. The molecule has 0 unspecified atom stereocenters. The Morgan fingerprint density at radius 1 is 0.923 bits per heavy atom. The summed E-state index contributed by atoms with van der Waals surface area (Å²) in [5.41, 5.74) is 9.43. The minimum absolute atomic E-state index is 0.157. The summed E-state index contributed by atoms with van der Waals surface area (Å²) in [6.07, 6.45) is 1.15. The molecule has 0 aliphatic heterocycles. The fourth-order valence-electron chi connectivity index (χ4n) is 5.03. The normalized spacial score (nSPS) is 13.6. The van der Waals surface area contributed by atoms with E-state index in [2.05, 4.69) is 47.8 Å². The van der Waals surface area contributed by atoms with E-state index in [1.54, 1.807) is 0 Å². The maximum Gasteiger partial charge on any atom is 0.412 e. The van der Waals surface area contributed by atoms with Crippen molar-refractivity contribution in [2.75, 3.05) is 12.4 Å². The van der Waals surface area contributed by atoms with Crippen molar-refractivity contribution >= 4 is 29.3 Å². The Morgan fingerprint density at radius 2 is 1.59 bits per heavy atom.